The molecule has 2 aromatic carbocycles. The molecule has 0 amide bonds. The number of aryl methyl sites for hydroxylation is 1. The Labute approximate surface area is 110 Å². The molecule has 0 spiro atoms. The summed E-state index contributed by atoms with van der Waals surface area (Å²) in [5, 5.41) is 0. The number of benzene rings is 2. The van der Waals surface area contributed by atoms with Gasteiger partial charge in [-0.25, -0.2) is 0 Å². The van der Waals surface area contributed by atoms with E-state index in [1.807, 2.05) is 30.3 Å². The van der Waals surface area contributed by atoms with Crippen molar-refractivity contribution in [3.05, 3.63) is 53.1 Å². The standard InChI is InChI=1S/C15H14O2S/c1-10-3-5-14-11(7-10)8-12-9-13(17-2)4-6-15(12)18(14)16/h3-7,9H,8H2,1-2H3. The molecule has 0 saturated carbocycles. The Bertz CT molecular complexity index is 607. The van der Waals surface area contributed by atoms with Crippen LogP contribution in [0.1, 0.15) is 16.7 Å². The molecule has 1 heterocycles. The van der Waals surface area contributed by atoms with Crippen molar-refractivity contribution in [3.8, 4) is 5.75 Å². The van der Waals surface area contributed by atoms with Crippen molar-refractivity contribution in [2.45, 2.75) is 23.1 Å². The molecule has 1 aliphatic rings. The van der Waals surface area contributed by atoms with Gasteiger partial charge >= 0.3 is 0 Å². The number of hydrogen-bond acceptors (Lipinski definition) is 2. The zero-order chi connectivity index (χ0) is 12.7. The molecule has 0 aliphatic carbocycles. The maximum Gasteiger partial charge on any atom is 0.162 e. The van der Waals surface area contributed by atoms with Gasteiger partial charge in [-0.3, -0.25) is 0 Å². The largest absolute Gasteiger partial charge is 0.606 e. The molecule has 3 rings (SSSR count). The van der Waals surface area contributed by atoms with Crippen molar-refractivity contribution in [2.24, 2.45) is 0 Å². The summed E-state index contributed by atoms with van der Waals surface area (Å²) in [5.41, 5.74) is 3.47. The molecule has 1 unspecified atom stereocenters. The zero-order valence-electron chi connectivity index (χ0n) is 10.4. The first kappa shape index (κ1) is 11.6. The van der Waals surface area contributed by atoms with Crippen molar-refractivity contribution in [2.75, 3.05) is 7.11 Å². The third-order valence-corrected chi connectivity index (χ3v) is 4.86. The fourth-order valence-electron chi connectivity index (χ4n) is 2.35. The van der Waals surface area contributed by atoms with Crippen LogP contribution in [0.3, 0.4) is 0 Å². The van der Waals surface area contributed by atoms with E-state index in [9.17, 15) is 4.55 Å². The molecule has 0 radical (unpaired) electrons. The van der Waals surface area contributed by atoms with Crippen LogP contribution in [0.25, 0.3) is 0 Å². The molecule has 2 aromatic rings. The van der Waals surface area contributed by atoms with Gasteiger partial charge < -0.3 is 9.29 Å². The van der Waals surface area contributed by atoms with E-state index in [-0.39, 0.29) is 0 Å². The third kappa shape index (κ3) is 1.80. The molecule has 1 aliphatic heterocycles. The zero-order valence-corrected chi connectivity index (χ0v) is 11.2. The van der Waals surface area contributed by atoms with Crippen LogP contribution in [0.5, 0.6) is 5.75 Å². The van der Waals surface area contributed by atoms with E-state index in [0.29, 0.717) is 0 Å². The second-order valence-corrected chi connectivity index (χ2v) is 5.95. The van der Waals surface area contributed by atoms with Crippen molar-refractivity contribution >= 4 is 11.2 Å². The Balaban J connectivity index is 2.12. The highest BCUT2D eigenvalue weighted by molar-refractivity contribution is 7.91. The minimum absolute atomic E-state index is 0.821. The van der Waals surface area contributed by atoms with Crippen LogP contribution in [0, 0.1) is 6.92 Å². The number of rotatable bonds is 1. The Morgan fingerprint density at radius 2 is 1.72 bits per heavy atom. The molecule has 0 saturated heterocycles. The van der Waals surface area contributed by atoms with Crippen molar-refractivity contribution in [1.29, 1.82) is 0 Å². The summed E-state index contributed by atoms with van der Waals surface area (Å²) in [6.07, 6.45) is 0.829. The summed E-state index contributed by atoms with van der Waals surface area (Å²) in [5.74, 6) is 0.821. The smallest absolute Gasteiger partial charge is 0.162 e. The number of hydrogen-bond donors (Lipinski definition) is 0. The van der Waals surface area contributed by atoms with Gasteiger partial charge in [0.05, 0.1) is 7.11 Å². The van der Waals surface area contributed by atoms with Gasteiger partial charge in [0.1, 0.15) is 5.75 Å². The molecule has 92 valence electrons. The van der Waals surface area contributed by atoms with Gasteiger partial charge in [0.25, 0.3) is 0 Å². The predicted molar refractivity (Wildman–Crippen MR) is 71.7 cm³/mol. The Morgan fingerprint density at radius 1 is 1.06 bits per heavy atom. The maximum atomic E-state index is 12.5. The van der Waals surface area contributed by atoms with Gasteiger partial charge in [-0.2, -0.15) is 0 Å². The second-order valence-electron chi connectivity index (χ2n) is 4.53. The summed E-state index contributed by atoms with van der Waals surface area (Å²) < 4.78 is 17.7. The molecule has 0 bridgehead atoms. The van der Waals surface area contributed by atoms with E-state index < -0.39 is 11.2 Å². The summed E-state index contributed by atoms with van der Waals surface area (Å²) in [4.78, 5) is 1.85. The monoisotopic (exact) mass is 258 g/mol. The molecule has 0 aromatic heterocycles. The lowest BCUT2D eigenvalue weighted by Gasteiger charge is -2.22. The SMILES string of the molecule is COc1ccc2c(c1)Cc1cc(C)ccc1[S+]2[O-]. The summed E-state index contributed by atoms with van der Waals surface area (Å²) in [6, 6.07) is 11.9. The lowest BCUT2D eigenvalue weighted by atomic mass is 10.0. The van der Waals surface area contributed by atoms with E-state index in [2.05, 4.69) is 13.0 Å². The first-order valence-corrected chi connectivity index (χ1v) is 7.02. The van der Waals surface area contributed by atoms with Crippen LogP contribution >= 0.6 is 0 Å². The molecule has 2 nitrogen and oxygen atoms in total. The molecular formula is C15H14O2S. The first-order valence-electron chi connectivity index (χ1n) is 5.87. The number of fused-ring (bicyclic) bond motifs is 2. The molecule has 0 fully saturated rings. The lowest BCUT2D eigenvalue weighted by molar-refractivity contribution is 0.414. The predicted octanol–water partition coefficient (Wildman–Crippen LogP) is 3.07. The van der Waals surface area contributed by atoms with E-state index in [4.69, 9.17) is 4.74 Å². The highest BCUT2D eigenvalue weighted by atomic mass is 32.2. The van der Waals surface area contributed by atoms with E-state index in [1.165, 1.54) is 5.56 Å². The van der Waals surface area contributed by atoms with Gasteiger partial charge in [0, 0.05) is 28.7 Å². The minimum atomic E-state index is -1.06. The average Bonchev–Trinajstić information content (AvgIpc) is 2.38. The maximum absolute atomic E-state index is 12.5. The van der Waals surface area contributed by atoms with Gasteiger partial charge in [-0.05, 0) is 31.2 Å². The number of ether oxygens (including phenoxy) is 1. The Morgan fingerprint density at radius 3 is 2.44 bits per heavy atom. The number of methoxy groups -OCH3 is 1. The molecular weight excluding hydrogens is 244 g/mol. The topological polar surface area (TPSA) is 32.3 Å². The van der Waals surface area contributed by atoms with Crippen LogP contribution in [0.15, 0.2) is 46.2 Å². The van der Waals surface area contributed by atoms with Crippen molar-refractivity contribution < 1.29 is 9.29 Å². The van der Waals surface area contributed by atoms with Crippen molar-refractivity contribution in [3.63, 3.8) is 0 Å². The Hall–Kier alpha value is -1.45. The summed E-state index contributed by atoms with van der Waals surface area (Å²) in [6.45, 7) is 2.06. The van der Waals surface area contributed by atoms with Crippen LogP contribution in [0.4, 0.5) is 0 Å². The highest BCUT2D eigenvalue weighted by Gasteiger charge is 2.28. The minimum Gasteiger partial charge on any atom is -0.606 e. The van der Waals surface area contributed by atoms with Crippen LogP contribution < -0.4 is 4.74 Å². The molecule has 3 heteroatoms. The van der Waals surface area contributed by atoms with Crippen LogP contribution in [-0.2, 0) is 17.6 Å². The molecule has 1 atom stereocenters. The summed E-state index contributed by atoms with van der Waals surface area (Å²) in [7, 11) is 1.65. The summed E-state index contributed by atoms with van der Waals surface area (Å²) >= 11 is -1.06. The average molecular weight is 258 g/mol. The van der Waals surface area contributed by atoms with Crippen LogP contribution in [-0.4, -0.2) is 11.7 Å². The highest BCUT2D eigenvalue weighted by Crippen LogP contribution is 2.36. The second kappa shape index (κ2) is 4.34. The molecule has 18 heavy (non-hydrogen) atoms. The first-order chi connectivity index (χ1) is 8.69. The van der Waals surface area contributed by atoms with Crippen LogP contribution in [0.2, 0.25) is 0 Å². The van der Waals surface area contributed by atoms with E-state index in [1.54, 1.807) is 7.11 Å². The van der Waals surface area contributed by atoms with E-state index in [0.717, 1.165) is 33.1 Å². The Kier molecular flexibility index (Phi) is 2.80. The van der Waals surface area contributed by atoms with E-state index >= 15 is 0 Å². The van der Waals surface area contributed by atoms with Gasteiger partial charge in [0.15, 0.2) is 9.79 Å². The fourth-order valence-corrected chi connectivity index (χ4v) is 3.71. The fraction of sp³-hybridized carbons (Fsp3) is 0.200. The lowest BCUT2D eigenvalue weighted by Crippen LogP contribution is -2.14. The van der Waals surface area contributed by atoms with Crippen molar-refractivity contribution in [1.82, 2.24) is 0 Å². The third-order valence-electron chi connectivity index (χ3n) is 3.26. The molecule has 0 N–H and O–H groups in total. The quantitative estimate of drug-likeness (QED) is 0.736. The van der Waals surface area contributed by atoms with Gasteiger partial charge in [0.2, 0.25) is 0 Å². The van der Waals surface area contributed by atoms with Gasteiger partial charge in [-0.15, -0.1) is 0 Å². The van der Waals surface area contributed by atoms with Gasteiger partial charge in [-0.1, -0.05) is 17.7 Å². The normalized spacial score (nSPS) is 16.9.